The highest BCUT2D eigenvalue weighted by Gasteiger charge is 2.91. The lowest BCUT2D eigenvalue weighted by Gasteiger charge is -2.67. The number of carbonyl (C=O) groups is 4. The predicted octanol–water partition coefficient (Wildman–Crippen LogP) is 2.52. The molecule has 2 saturated heterocycles. The summed E-state index contributed by atoms with van der Waals surface area (Å²) in [5.41, 5.74) is -6.22. The first kappa shape index (κ1) is 29.3. The van der Waals surface area contributed by atoms with E-state index in [0.717, 1.165) is 7.11 Å². The first-order chi connectivity index (χ1) is 19.5. The van der Waals surface area contributed by atoms with Crippen LogP contribution in [0.1, 0.15) is 72.5 Å². The van der Waals surface area contributed by atoms with Crippen LogP contribution in [0.4, 0.5) is 0 Å². The van der Waals surface area contributed by atoms with Crippen LogP contribution in [-0.4, -0.2) is 70.5 Å². The molecule has 0 amide bonds. The maximum absolute atomic E-state index is 14.7. The number of hydrogen-bond donors (Lipinski definition) is 2. The Morgan fingerprint density at radius 1 is 1.10 bits per heavy atom. The van der Waals surface area contributed by atoms with Gasteiger partial charge in [-0.25, -0.2) is 4.79 Å². The molecule has 1 spiro atoms. The van der Waals surface area contributed by atoms with E-state index in [1.807, 2.05) is 6.92 Å². The monoisotopic (exact) mass is 588 g/mol. The maximum Gasteiger partial charge on any atom is 0.335 e. The summed E-state index contributed by atoms with van der Waals surface area (Å²) in [5.74, 6) is -5.42. The highest BCUT2D eigenvalue weighted by atomic mass is 16.6. The molecule has 2 bridgehead atoms. The first-order valence-corrected chi connectivity index (χ1v) is 14.7. The van der Waals surface area contributed by atoms with Crippen molar-refractivity contribution in [3.8, 4) is 0 Å². The second-order valence-electron chi connectivity index (χ2n) is 14.3. The minimum absolute atomic E-state index is 0.0116. The number of rotatable bonds is 5. The van der Waals surface area contributed by atoms with E-state index in [4.69, 9.17) is 23.4 Å². The topological polar surface area (TPSA) is 162 Å². The number of cyclic esters (lactones) is 1. The lowest BCUT2D eigenvalue weighted by Crippen LogP contribution is -2.81. The van der Waals surface area contributed by atoms with Crippen molar-refractivity contribution in [1.29, 1.82) is 0 Å². The van der Waals surface area contributed by atoms with Crippen molar-refractivity contribution in [2.75, 3.05) is 7.11 Å². The molecule has 3 aliphatic carbocycles. The van der Waals surface area contributed by atoms with E-state index in [1.54, 1.807) is 46.9 Å². The van der Waals surface area contributed by atoms with Gasteiger partial charge in [-0.1, -0.05) is 41.5 Å². The Hall–Kier alpha value is -2.76. The number of esters is 3. The third kappa shape index (κ3) is 3.33. The molecule has 0 radical (unpaired) electrons. The Morgan fingerprint density at radius 2 is 1.79 bits per heavy atom. The zero-order chi connectivity index (χ0) is 30.8. The van der Waals surface area contributed by atoms with Crippen LogP contribution in [0.15, 0.2) is 23.0 Å². The number of hydrogen-bond acceptors (Lipinski definition) is 11. The standard InChI is InChI=1S/C31H40O11/c1-14(2)22(34)41-25-27(3,4)20(19(33)23(35)38-7)29(6)16-8-10-28(5)17(31(16)26(42-31)30(25,37)24(29)36)12-18(32)40-21(28)15-9-11-39-13-15/h9,11,13-14,16-17,19-21,25-26,33,37H,8,10,12H2,1-7H3/t16-,17-,19-,20+,21+,25+,26-,28-,29-,30+,31+/m1/s1. The minimum Gasteiger partial charge on any atom is -0.472 e. The second kappa shape index (κ2) is 8.89. The zero-order valence-corrected chi connectivity index (χ0v) is 25.0. The average Bonchev–Trinajstić information content (AvgIpc) is 3.41. The third-order valence-corrected chi connectivity index (χ3v) is 11.6. The highest BCUT2D eigenvalue weighted by Crippen LogP contribution is 2.78. The quantitative estimate of drug-likeness (QED) is 0.295. The van der Waals surface area contributed by atoms with Crippen LogP contribution < -0.4 is 0 Å². The summed E-state index contributed by atoms with van der Waals surface area (Å²) in [4.78, 5) is 53.8. The van der Waals surface area contributed by atoms with Gasteiger partial charge in [-0.3, -0.25) is 14.4 Å². The molecule has 0 unspecified atom stereocenters. The molecule has 3 heterocycles. The lowest BCUT2D eigenvalue weighted by atomic mass is 9.36. The van der Waals surface area contributed by atoms with Gasteiger partial charge < -0.3 is 33.6 Å². The SMILES string of the molecule is COC(=O)[C@H](O)[C@H]1C(C)(C)[C@H](OC(=O)C(C)C)[C@@]2(O)C(=O)[C@]1(C)[C@H]1CC[C@]3(C)[C@@H](CC(=O)O[C@H]3c3ccoc3)[C@@]13O[C@H]23. The van der Waals surface area contributed by atoms with Crippen LogP contribution in [0.2, 0.25) is 0 Å². The number of aliphatic hydroxyl groups is 2. The molecule has 5 fully saturated rings. The number of methoxy groups -OCH3 is 1. The van der Waals surface area contributed by atoms with Crippen molar-refractivity contribution < 1.29 is 52.8 Å². The summed E-state index contributed by atoms with van der Waals surface area (Å²) in [6, 6.07) is 1.75. The van der Waals surface area contributed by atoms with E-state index < -0.39 is 99.2 Å². The van der Waals surface area contributed by atoms with Gasteiger partial charge in [-0.05, 0) is 18.9 Å². The molecule has 230 valence electrons. The van der Waals surface area contributed by atoms with Crippen molar-refractivity contribution in [3.05, 3.63) is 24.2 Å². The lowest BCUT2D eigenvalue weighted by molar-refractivity contribution is -0.261. The fraction of sp³-hybridized carbons (Fsp3) is 0.742. The average molecular weight is 589 g/mol. The zero-order valence-electron chi connectivity index (χ0n) is 25.0. The molecule has 42 heavy (non-hydrogen) atoms. The number of ether oxygens (including phenoxy) is 4. The van der Waals surface area contributed by atoms with Gasteiger partial charge in [0, 0.05) is 39.6 Å². The third-order valence-electron chi connectivity index (χ3n) is 11.6. The Kier molecular flexibility index (Phi) is 6.20. The molecule has 11 atom stereocenters. The fourth-order valence-electron chi connectivity index (χ4n) is 9.89. The normalized spacial score (nSPS) is 45.6. The molecule has 0 aromatic carbocycles. The van der Waals surface area contributed by atoms with Crippen molar-refractivity contribution in [2.24, 2.45) is 39.9 Å². The molecular weight excluding hydrogens is 548 g/mol. The Bertz CT molecular complexity index is 1330. The number of aliphatic hydroxyl groups excluding tert-OH is 1. The minimum atomic E-state index is -2.30. The van der Waals surface area contributed by atoms with Crippen molar-refractivity contribution >= 4 is 23.7 Å². The van der Waals surface area contributed by atoms with Crippen molar-refractivity contribution in [2.45, 2.75) is 96.4 Å². The van der Waals surface area contributed by atoms with Gasteiger partial charge >= 0.3 is 17.9 Å². The number of furan rings is 1. The second-order valence-corrected chi connectivity index (χ2v) is 14.3. The molecule has 1 aromatic rings. The summed E-state index contributed by atoms with van der Waals surface area (Å²) < 4.78 is 28.6. The number of ketones is 1. The Labute approximate surface area is 244 Å². The maximum atomic E-state index is 14.7. The Balaban J connectivity index is 1.55. The number of epoxide rings is 1. The first-order valence-electron chi connectivity index (χ1n) is 14.7. The van der Waals surface area contributed by atoms with Crippen molar-refractivity contribution in [1.82, 2.24) is 0 Å². The summed E-state index contributed by atoms with van der Waals surface area (Å²) in [6.07, 6.45) is -0.922. The molecule has 11 nitrogen and oxygen atoms in total. The van der Waals surface area contributed by atoms with Gasteiger partial charge in [0.1, 0.15) is 23.9 Å². The number of fused-ring (bicyclic) bond motifs is 5. The van der Waals surface area contributed by atoms with Gasteiger partial charge in [0.25, 0.3) is 0 Å². The van der Waals surface area contributed by atoms with Gasteiger partial charge in [-0.2, -0.15) is 0 Å². The summed E-state index contributed by atoms with van der Waals surface area (Å²) in [7, 11) is 1.15. The van der Waals surface area contributed by atoms with Gasteiger partial charge in [0.2, 0.25) is 0 Å². The molecule has 11 heteroatoms. The van der Waals surface area contributed by atoms with Gasteiger partial charge in [-0.15, -0.1) is 0 Å². The van der Waals surface area contributed by atoms with Gasteiger partial charge in [0.05, 0.1) is 32.0 Å². The van der Waals surface area contributed by atoms with E-state index in [1.165, 1.54) is 6.26 Å². The molecule has 2 N–H and O–H groups in total. The van der Waals surface area contributed by atoms with Crippen LogP contribution in [0.25, 0.3) is 0 Å². The molecular formula is C31H40O11. The van der Waals surface area contributed by atoms with Crippen molar-refractivity contribution in [3.63, 3.8) is 0 Å². The van der Waals surface area contributed by atoms with E-state index in [0.29, 0.717) is 18.4 Å². The molecule has 5 aliphatic rings. The summed E-state index contributed by atoms with van der Waals surface area (Å²) in [6.45, 7) is 10.3. The predicted molar refractivity (Wildman–Crippen MR) is 142 cm³/mol. The summed E-state index contributed by atoms with van der Waals surface area (Å²) in [5, 5.41) is 24.1. The summed E-state index contributed by atoms with van der Waals surface area (Å²) >= 11 is 0. The highest BCUT2D eigenvalue weighted by molar-refractivity contribution is 5.99. The van der Waals surface area contributed by atoms with E-state index >= 15 is 0 Å². The largest absolute Gasteiger partial charge is 0.472 e. The van der Waals surface area contributed by atoms with Crippen LogP contribution >= 0.6 is 0 Å². The van der Waals surface area contributed by atoms with E-state index in [-0.39, 0.29) is 6.42 Å². The van der Waals surface area contributed by atoms with Crippen LogP contribution in [0, 0.1) is 39.9 Å². The number of carbonyl (C=O) groups excluding carboxylic acids is 4. The van der Waals surface area contributed by atoms with Crippen LogP contribution in [-0.2, 0) is 38.1 Å². The Morgan fingerprint density at radius 3 is 2.38 bits per heavy atom. The van der Waals surface area contributed by atoms with Crippen LogP contribution in [0.3, 0.4) is 0 Å². The molecule has 6 rings (SSSR count). The molecule has 2 aliphatic heterocycles. The number of Topliss-reactive ketones (excluding diaryl/α,β-unsaturated/α-hetero) is 1. The smallest absolute Gasteiger partial charge is 0.335 e. The van der Waals surface area contributed by atoms with E-state index in [9.17, 15) is 29.4 Å². The fourth-order valence-corrected chi connectivity index (χ4v) is 9.89. The van der Waals surface area contributed by atoms with E-state index in [2.05, 4.69) is 0 Å². The van der Waals surface area contributed by atoms with Gasteiger partial charge in [0.15, 0.2) is 17.5 Å². The molecule has 1 aromatic heterocycles. The molecule has 3 saturated carbocycles. The van der Waals surface area contributed by atoms with Crippen LogP contribution in [0.5, 0.6) is 0 Å².